The minimum Gasteiger partial charge on any atom is -0.383 e. The summed E-state index contributed by atoms with van der Waals surface area (Å²) in [5.74, 6) is 0.333. The molecule has 0 bridgehead atoms. The van der Waals surface area contributed by atoms with Gasteiger partial charge in [0.25, 0.3) is 0 Å². The lowest BCUT2D eigenvalue weighted by molar-refractivity contribution is 0.242. The third-order valence-electron chi connectivity index (χ3n) is 1.08. The topological polar surface area (TPSA) is 72.9 Å². The van der Waals surface area contributed by atoms with Crippen LogP contribution < -0.4 is 11.1 Å². The third kappa shape index (κ3) is 0.928. The van der Waals surface area contributed by atoms with Crippen LogP contribution >= 0.6 is 0 Å². The molecule has 3 N–H and O–H groups in total. The van der Waals surface area contributed by atoms with Crippen molar-refractivity contribution in [2.75, 3.05) is 12.8 Å². The van der Waals surface area contributed by atoms with Gasteiger partial charge >= 0.3 is 6.03 Å². The molecule has 0 atom stereocenters. The first-order chi connectivity index (χ1) is 4.75. The summed E-state index contributed by atoms with van der Waals surface area (Å²) < 4.78 is 1.08. The molecule has 1 heterocycles. The second-order valence-electron chi connectivity index (χ2n) is 1.72. The summed E-state index contributed by atoms with van der Waals surface area (Å²) in [4.78, 5) is 10.8. The van der Waals surface area contributed by atoms with Crippen molar-refractivity contribution in [2.24, 2.45) is 0 Å². The van der Waals surface area contributed by atoms with Crippen LogP contribution in [0.4, 0.5) is 10.6 Å². The Balaban J connectivity index is 2.93. The largest absolute Gasteiger partial charge is 0.383 e. The second-order valence-corrected chi connectivity index (χ2v) is 1.72. The molecule has 1 aromatic heterocycles. The number of nitrogens with zero attached hydrogens (tertiary/aromatic N) is 2. The van der Waals surface area contributed by atoms with Crippen LogP contribution in [0, 0.1) is 0 Å². The Kier molecular flexibility index (Phi) is 1.57. The Labute approximate surface area is 57.8 Å². The highest BCUT2D eigenvalue weighted by Crippen LogP contribution is 1.97. The van der Waals surface area contributed by atoms with Crippen LogP contribution in [-0.4, -0.2) is 22.9 Å². The maximum atomic E-state index is 10.8. The smallest absolute Gasteiger partial charge is 0.343 e. The Morgan fingerprint density at radius 1 is 1.90 bits per heavy atom. The Hall–Kier alpha value is -1.52. The zero-order valence-electron chi connectivity index (χ0n) is 5.53. The number of carbonyl (C=O) groups is 1. The number of rotatable bonds is 0. The van der Waals surface area contributed by atoms with Gasteiger partial charge in [0.2, 0.25) is 0 Å². The van der Waals surface area contributed by atoms with Crippen molar-refractivity contribution in [3.8, 4) is 0 Å². The Morgan fingerprint density at radius 3 is 3.00 bits per heavy atom. The van der Waals surface area contributed by atoms with Gasteiger partial charge in [-0.3, -0.25) is 0 Å². The van der Waals surface area contributed by atoms with E-state index in [2.05, 4.69) is 10.4 Å². The minimum absolute atomic E-state index is 0.331. The average molecular weight is 140 g/mol. The zero-order chi connectivity index (χ0) is 7.56. The highest BCUT2D eigenvalue weighted by Gasteiger charge is 2.03. The fraction of sp³-hybridized carbons (Fsp3) is 0.200. The lowest BCUT2D eigenvalue weighted by Crippen LogP contribution is -2.26. The highest BCUT2D eigenvalue weighted by molar-refractivity contribution is 5.78. The number of aromatic nitrogens is 2. The van der Waals surface area contributed by atoms with Gasteiger partial charge in [-0.2, -0.15) is 9.78 Å². The summed E-state index contributed by atoms with van der Waals surface area (Å²) in [5.41, 5.74) is 5.36. The zero-order valence-corrected chi connectivity index (χ0v) is 5.53. The molecule has 5 heteroatoms. The van der Waals surface area contributed by atoms with Crippen molar-refractivity contribution in [1.82, 2.24) is 15.1 Å². The summed E-state index contributed by atoms with van der Waals surface area (Å²) in [6.07, 6.45) is 1.46. The van der Waals surface area contributed by atoms with Crippen LogP contribution in [0.3, 0.4) is 0 Å². The number of anilines is 1. The highest BCUT2D eigenvalue weighted by atomic mass is 16.2. The van der Waals surface area contributed by atoms with Crippen LogP contribution in [0.2, 0.25) is 0 Å². The van der Waals surface area contributed by atoms with E-state index in [9.17, 15) is 4.79 Å². The second kappa shape index (κ2) is 2.38. The number of hydrogen-bond donors (Lipinski definition) is 2. The van der Waals surface area contributed by atoms with E-state index in [1.807, 2.05) is 0 Å². The summed E-state index contributed by atoms with van der Waals surface area (Å²) >= 11 is 0. The number of amides is 1. The predicted molar refractivity (Wildman–Crippen MR) is 36.5 cm³/mol. The van der Waals surface area contributed by atoms with E-state index in [-0.39, 0.29) is 6.03 Å². The molecule has 0 saturated heterocycles. The molecule has 0 fully saturated rings. The monoisotopic (exact) mass is 140 g/mol. The summed E-state index contributed by atoms with van der Waals surface area (Å²) in [5, 5.41) is 6.06. The molecule has 10 heavy (non-hydrogen) atoms. The van der Waals surface area contributed by atoms with Crippen molar-refractivity contribution in [2.45, 2.75) is 0 Å². The first-order valence-electron chi connectivity index (χ1n) is 2.77. The molecule has 0 aliphatic heterocycles. The molecular weight excluding hydrogens is 132 g/mol. The molecule has 0 aromatic carbocycles. The van der Waals surface area contributed by atoms with Crippen molar-refractivity contribution < 1.29 is 4.79 Å². The number of carbonyl (C=O) groups excluding carboxylic acids is 1. The lowest BCUT2D eigenvalue weighted by atomic mass is 10.6. The van der Waals surface area contributed by atoms with Gasteiger partial charge in [0.05, 0.1) is 6.20 Å². The molecule has 0 saturated carbocycles. The van der Waals surface area contributed by atoms with E-state index in [1.165, 1.54) is 13.2 Å². The van der Waals surface area contributed by atoms with Crippen molar-refractivity contribution in [3.63, 3.8) is 0 Å². The first-order valence-corrected chi connectivity index (χ1v) is 2.77. The van der Waals surface area contributed by atoms with E-state index < -0.39 is 0 Å². The molecule has 0 spiro atoms. The molecule has 1 rings (SSSR count). The van der Waals surface area contributed by atoms with Crippen LogP contribution in [-0.2, 0) is 0 Å². The molecular formula is C5H8N4O. The standard InChI is InChI=1S/C5H8N4O/c1-7-5(10)9-4(6)2-3-8-9/h2-3H,6H2,1H3,(H,7,10). The SMILES string of the molecule is CNC(=O)n1nccc1N. The molecule has 0 aliphatic rings. The number of nitrogens with one attached hydrogen (secondary N) is 1. The Morgan fingerprint density at radius 2 is 2.60 bits per heavy atom. The Bertz CT molecular complexity index is 242. The van der Waals surface area contributed by atoms with Crippen LogP contribution in [0.25, 0.3) is 0 Å². The fourth-order valence-electron chi connectivity index (χ4n) is 0.589. The molecule has 0 aliphatic carbocycles. The van der Waals surface area contributed by atoms with Gasteiger partial charge in [-0.05, 0) is 0 Å². The van der Waals surface area contributed by atoms with Crippen molar-refractivity contribution in [3.05, 3.63) is 12.3 Å². The van der Waals surface area contributed by atoms with E-state index in [4.69, 9.17) is 5.73 Å². The van der Waals surface area contributed by atoms with Crippen LogP contribution in [0.5, 0.6) is 0 Å². The molecule has 0 unspecified atom stereocenters. The van der Waals surface area contributed by atoms with Crippen molar-refractivity contribution >= 4 is 11.8 Å². The van der Waals surface area contributed by atoms with Gasteiger partial charge in [0.15, 0.2) is 0 Å². The number of hydrogen-bond acceptors (Lipinski definition) is 3. The molecule has 1 amide bonds. The van der Waals surface area contributed by atoms with Crippen LogP contribution in [0.1, 0.15) is 0 Å². The average Bonchev–Trinajstić information content (AvgIpc) is 2.34. The van der Waals surface area contributed by atoms with Crippen molar-refractivity contribution in [1.29, 1.82) is 0 Å². The van der Waals surface area contributed by atoms with E-state index >= 15 is 0 Å². The predicted octanol–water partition coefficient (Wildman–Crippen LogP) is -0.347. The summed E-state index contributed by atoms with van der Waals surface area (Å²) in [7, 11) is 1.52. The van der Waals surface area contributed by atoms with Gasteiger partial charge < -0.3 is 11.1 Å². The third-order valence-corrected chi connectivity index (χ3v) is 1.08. The quantitative estimate of drug-likeness (QED) is 0.517. The van der Waals surface area contributed by atoms with Gasteiger partial charge in [-0.1, -0.05) is 0 Å². The molecule has 5 nitrogen and oxygen atoms in total. The molecule has 0 radical (unpaired) electrons. The lowest BCUT2D eigenvalue weighted by Gasteiger charge is -1.98. The van der Waals surface area contributed by atoms with E-state index in [1.54, 1.807) is 6.07 Å². The number of nitrogens with two attached hydrogens (primary N) is 1. The summed E-state index contributed by atoms with van der Waals surface area (Å²) in [6, 6.07) is 1.22. The van der Waals surface area contributed by atoms with Gasteiger partial charge in [0, 0.05) is 13.1 Å². The maximum absolute atomic E-state index is 10.8. The van der Waals surface area contributed by atoms with Gasteiger partial charge in [-0.15, -0.1) is 0 Å². The maximum Gasteiger partial charge on any atom is 0.343 e. The minimum atomic E-state index is -0.331. The first kappa shape index (κ1) is 6.60. The number of nitrogen functional groups attached to an aromatic ring is 1. The van der Waals surface area contributed by atoms with E-state index in [0.717, 1.165) is 4.68 Å². The van der Waals surface area contributed by atoms with Gasteiger partial charge in [-0.25, -0.2) is 4.79 Å². The van der Waals surface area contributed by atoms with Gasteiger partial charge in [0.1, 0.15) is 5.82 Å². The molecule has 54 valence electrons. The normalized spacial score (nSPS) is 9.30. The molecule has 1 aromatic rings. The summed E-state index contributed by atoms with van der Waals surface area (Å²) in [6.45, 7) is 0. The fourth-order valence-corrected chi connectivity index (χ4v) is 0.589. The van der Waals surface area contributed by atoms with Crippen LogP contribution in [0.15, 0.2) is 12.3 Å². The van der Waals surface area contributed by atoms with E-state index in [0.29, 0.717) is 5.82 Å².